The first kappa shape index (κ1) is 14.5. The molecule has 2 aliphatic rings. The molecule has 1 spiro atoms. The Hall–Kier alpha value is -1.44. The van der Waals surface area contributed by atoms with Crippen molar-refractivity contribution in [3.05, 3.63) is 33.4 Å². The molecule has 1 N–H and O–H groups in total. The fraction of sp³-hybridized carbons (Fsp3) is 0.400. The van der Waals surface area contributed by atoms with Gasteiger partial charge in [0.05, 0.1) is 6.21 Å². The van der Waals surface area contributed by atoms with E-state index in [-0.39, 0.29) is 5.91 Å². The van der Waals surface area contributed by atoms with Crippen LogP contribution >= 0.6 is 22.6 Å². The van der Waals surface area contributed by atoms with Gasteiger partial charge < -0.3 is 5.32 Å². The molecule has 1 saturated carbocycles. The van der Waals surface area contributed by atoms with Gasteiger partial charge in [0.15, 0.2) is 0 Å². The van der Waals surface area contributed by atoms with Gasteiger partial charge >= 0.3 is 6.03 Å². The van der Waals surface area contributed by atoms with E-state index in [4.69, 9.17) is 0 Å². The minimum Gasteiger partial charge on any atom is -0.321 e. The van der Waals surface area contributed by atoms with Gasteiger partial charge in [-0.15, -0.1) is 5.01 Å². The Morgan fingerprint density at radius 2 is 1.90 bits per heavy atom. The molecule has 0 unspecified atom stereocenters. The maximum Gasteiger partial charge on any atom is 0.346 e. The second-order valence-corrected chi connectivity index (χ2v) is 6.62. The van der Waals surface area contributed by atoms with Gasteiger partial charge in [0, 0.05) is 9.13 Å². The highest BCUT2D eigenvalue weighted by molar-refractivity contribution is 14.1. The molecule has 1 heterocycles. The molecule has 0 bridgehead atoms. The van der Waals surface area contributed by atoms with E-state index in [0.717, 1.165) is 33.4 Å². The van der Waals surface area contributed by atoms with Crippen LogP contribution in [-0.4, -0.2) is 28.7 Å². The second-order valence-electron chi connectivity index (χ2n) is 5.46. The van der Waals surface area contributed by atoms with Crippen LogP contribution in [0.5, 0.6) is 0 Å². The van der Waals surface area contributed by atoms with E-state index in [0.29, 0.717) is 12.8 Å². The van der Waals surface area contributed by atoms with Crippen molar-refractivity contribution in [3.8, 4) is 0 Å². The largest absolute Gasteiger partial charge is 0.346 e. The van der Waals surface area contributed by atoms with Crippen LogP contribution < -0.4 is 5.32 Å². The van der Waals surface area contributed by atoms with Gasteiger partial charge in [-0.2, -0.15) is 5.10 Å². The number of nitrogens with one attached hydrogen (secondary N) is 1. The van der Waals surface area contributed by atoms with Crippen LogP contribution in [0.1, 0.15) is 37.7 Å². The van der Waals surface area contributed by atoms with E-state index in [9.17, 15) is 9.59 Å². The summed E-state index contributed by atoms with van der Waals surface area (Å²) in [6.45, 7) is 0. The van der Waals surface area contributed by atoms with Crippen molar-refractivity contribution in [2.75, 3.05) is 0 Å². The number of hydrogen-bond acceptors (Lipinski definition) is 3. The summed E-state index contributed by atoms with van der Waals surface area (Å²) in [6.07, 6.45) is 6.07. The van der Waals surface area contributed by atoms with Crippen molar-refractivity contribution in [1.82, 2.24) is 10.3 Å². The molecule has 0 aromatic heterocycles. The number of imide groups is 1. The number of carbonyl (C=O) groups excluding carboxylic acids is 2. The standard InChI is InChI=1S/C15H16IN3O2/c16-12-7-3-2-6-11(12)10-17-19-13(20)15(18-14(19)21)8-4-1-5-9-15/h2-3,6-7,10H,1,4-5,8-9H2,(H,18,21)/b17-10-. The Bertz CT molecular complexity index is 609. The number of urea groups is 1. The lowest BCUT2D eigenvalue weighted by molar-refractivity contribution is -0.132. The lowest BCUT2D eigenvalue weighted by Gasteiger charge is -2.29. The highest BCUT2D eigenvalue weighted by atomic mass is 127. The van der Waals surface area contributed by atoms with Gasteiger partial charge in [0.1, 0.15) is 5.54 Å². The van der Waals surface area contributed by atoms with E-state index in [1.807, 2.05) is 24.3 Å². The average Bonchev–Trinajstić information content (AvgIpc) is 2.70. The van der Waals surface area contributed by atoms with Crippen molar-refractivity contribution in [2.45, 2.75) is 37.6 Å². The van der Waals surface area contributed by atoms with E-state index < -0.39 is 11.6 Å². The zero-order valence-corrected chi connectivity index (χ0v) is 13.7. The Labute approximate surface area is 136 Å². The summed E-state index contributed by atoms with van der Waals surface area (Å²) in [4.78, 5) is 24.6. The molecule has 21 heavy (non-hydrogen) atoms. The lowest BCUT2D eigenvalue weighted by atomic mass is 9.82. The number of halogens is 1. The Morgan fingerprint density at radius 3 is 2.62 bits per heavy atom. The third kappa shape index (κ3) is 2.68. The molecule has 3 amide bonds. The van der Waals surface area contributed by atoms with Gasteiger partial charge in [0.25, 0.3) is 5.91 Å². The molecule has 1 aromatic rings. The average molecular weight is 397 g/mol. The first-order valence-electron chi connectivity index (χ1n) is 7.08. The molecule has 110 valence electrons. The van der Waals surface area contributed by atoms with Crippen LogP contribution in [0, 0.1) is 3.57 Å². The minimum absolute atomic E-state index is 0.214. The van der Waals surface area contributed by atoms with Crippen molar-refractivity contribution in [2.24, 2.45) is 5.10 Å². The molecule has 6 heteroatoms. The quantitative estimate of drug-likeness (QED) is 0.474. The SMILES string of the molecule is O=C1NC2(CCCCC2)C(=O)N1/N=C\c1ccccc1I. The molecule has 1 aliphatic carbocycles. The molecule has 0 radical (unpaired) electrons. The summed E-state index contributed by atoms with van der Waals surface area (Å²) < 4.78 is 1.03. The first-order valence-corrected chi connectivity index (χ1v) is 8.15. The topological polar surface area (TPSA) is 61.8 Å². The number of carbonyl (C=O) groups is 2. The maximum atomic E-state index is 12.5. The summed E-state index contributed by atoms with van der Waals surface area (Å²) in [5.41, 5.74) is 0.180. The number of nitrogens with zero attached hydrogens (tertiary/aromatic N) is 2. The molecule has 5 nitrogen and oxygen atoms in total. The molecule has 1 saturated heterocycles. The number of rotatable bonds is 2. The molecule has 1 aromatic carbocycles. The molecule has 1 aliphatic heterocycles. The number of amides is 3. The monoisotopic (exact) mass is 397 g/mol. The maximum absolute atomic E-state index is 12.5. The van der Waals surface area contributed by atoms with E-state index >= 15 is 0 Å². The highest BCUT2D eigenvalue weighted by Gasteiger charge is 2.51. The Balaban J connectivity index is 1.81. The lowest BCUT2D eigenvalue weighted by Crippen LogP contribution is -2.48. The third-order valence-corrected chi connectivity index (χ3v) is 5.05. The van der Waals surface area contributed by atoms with Crippen LogP contribution in [0.3, 0.4) is 0 Å². The first-order chi connectivity index (χ1) is 10.1. The van der Waals surface area contributed by atoms with Crippen LogP contribution in [0.15, 0.2) is 29.4 Å². The zero-order chi connectivity index (χ0) is 14.9. The van der Waals surface area contributed by atoms with Crippen LogP contribution in [0.25, 0.3) is 0 Å². The number of hydrazone groups is 1. The van der Waals surface area contributed by atoms with E-state index in [2.05, 4.69) is 33.0 Å². The van der Waals surface area contributed by atoms with Crippen molar-refractivity contribution in [1.29, 1.82) is 0 Å². The minimum atomic E-state index is -0.712. The summed E-state index contributed by atoms with van der Waals surface area (Å²) in [7, 11) is 0. The van der Waals surface area contributed by atoms with E-state index in [1.54, 1.807) is 6.21 Å². The van der Waals surface area contributed by atoms with E-state index in [1.165, 1.54) is 0 Å². The fourth-order valence-electron chi connectivity index (χ4n) is 2.90. The van der Waals surface area contributed by atoms with Crippen molar-refractivity contribution in [3.63, 3.8) is 0 Å². The van der Waals surface area contributed by atoms with Crippen LogP contribution in [0.4, 0.5) is 4.79 Å². The van der Waals surface area contributed by atoms with Crippen molar-refractivity contribution < 1.29 is 9.59 Å². The van der Waals surface area contributed by atoms with Gasteiger partial charge in [-0.1, -0.05) is 37.5 Å². The van der Waals surface area contributed by atoms with Crippen LogP contribution in [-0.2, 0) is 4.79 Å². The van der Waals surface area contributed by atoms with Gasteiger partial charge in [-0.05, 0) is 41.5 Å². The second kappa shape index (κ2) is 5.75. The van der Waals surface area contributed by atoms with Gasteiger partial charge in [-0.3, -0.25) is 4.79 Å². The third-order valence-electron chi connectivity index (χ3n) is 4.06. The highest BCUT2D eigenvalue weighted by Crippen LogP contribution is 2.33. The predicted octanol–water partition coefficient (Wildman–Crippen LogP) is 2.88. The fourth-order valence-corrected chi connectivity index (χ4v) is 3.43. The molecule has 0 atom stereocenters. The summed E-state index contributed by atoms with van der Waals surface area (Å²) >= 11 is 2.20. The Kier molecular flexibility index (Phi) is 3.97. The number of benzene rings is 1. The molecular weight excluding hydrogens is 381 g/mol. The van der Waals surface area contributed by atoms with Crippen molar-refractivity contribution >= 4 is 40.7 Å². The number of hydrogen-bond donors (Lipinski definition) is 1. The van der Waals surface area contributed by atoms with Gasteiger partial charge in [0.2, 0.25) is 0 Å². The molecule has 2 fully saturated rings. The van der Waals surface area contributed by atoms with Gasteiger partial charge in [-0.25, -0.2) is 4.79 Å². The molecule has 3 rings (SSSR count). The Morgan fingerprint density at radius 1 is 1.19 bits per heavy atom. The predicted molar refractivity (Wildman–Crippen MR) is 87.9 cm³/mol. The summed E-state index contributed by atoms with van der Waals surface area (Å²) in [5.74, 6) is -0.214. The smallest absolute Gasteiger partial charge is 0.321 e. The molecular formula is C15H16IN3O2. The summed E-state index contributed by atoms with van der Waals surface area (Å²) in [5, 5.41) is 7.93. The van der Waals surface area contributed by atoms with Crippen LogP contribution in [0.2, 0.25) is 0 Å². The normalized spacial score (nSPS) is 21.3. The summed E-state index contributed by atoms with van der Waals surface area (Å²) in [6, 6.07) is 7.28. The zero-order valence-electron chi connectivity index (χ0n) is 11.5.